The molecule has 6 rings (SSSR count). The zero-order valence-corrected chi connectivity index (χ0v) is 22.0. The van der Waals surface area contributed by atoms with Gasteiger partial charge in [-0.2, -0.15) is 0 Å². The fraction of sp³-hybridized carbons (Fsp3) is 0. The highest BCUT2D eigenvalue weighted by atomic mass is 79.9. The topological polar surface area (TPSA) is 3.24 Å². The first-order chi connectivity index (χ1) is 17.1. The maximum absolute atomic E-state index is 3.55. The molecule has 0 aromatic heterocycles. The molecule has 5 aromatic carbocycles. The van der Waals surface area contributed by atoms with Gasteiger partial charge in [0.25, 0.3) is 0 Å². The number of nitrogens with zero attached hydrogens (tertiary/aromatic N) is 1. The Kier molecular flexibility index (Phi) is 5.89. The van der Waals surface area contributed by atoms with Crippen LogP contribution in [0.5, 0.6) is 0 Å². The lowest BCUT2D eigenvalue weighted by Crippen LogP contribution is -2.09. The van der Waals surface area contributed by atoms with E-state index in [9.17, 15) is 0 Å². The lowest BCUT2D eigenvalue weighted by Gasteiger charge is -2.25. The van der Waals surface area contributed by atoms with Gasteiger partial charge in [-0.1, -0.05) is 92.5 Å². The van der Waals surface area contributed by atoms with Crippen molar-refractivity contribution in [2.75, 3.05) is 4.90 Å². The molecule has 5 aromatic rings. The normalized spacial score (nSPS) is 11.6. The Morgan fingerprint density at radius 3 is 1.17 bits per heavy atom. The highest BCUT2D eigenvalue weighted by Crippen LogP contribution is 2.37. The number of rotatable bonds is 5. The van der Waals surface area contributed by atoms with E-state index in [1.54, 1.807) is 0 Å². The van der Waals surface area contributed by atoms with Gasteiger partial charge in [0.2, 0.25) is 0 Å². The summed E-state index contributed by atoms with van der Waals surface area (Å²) in [5.74, 6) is 0. The fourth-order valence-electron chi connectivity index (χ4n) is 4.42. The van der Waals surface area contributed by atoms with Crippen LogP contribution in [0.2, 0.25) is 0 Å². The van der Waals surface area contributed by atoms with Crippen LogP contribution in [0.25, 0.3) is 34.4 Å². The van der Waals surface area contributed by atoms with Crippen molar-refractivity contribution in [1.82, 2.24) is 0 Å². The third-order valence-corrected chi connectivity index (χ3v) is 7.43. The Morgan fingerprint density at radius 2 is 0.743 bits per heavy atom. The molecule has 1 aliphatic carbocycles. The van der Waals surface area contributed by atoms with Gasteiger partial charge in [0, 0.05) is 26.0 Å². The predicted octanol–water partition coefficient (Wildman–Crippen LogP) is 10.5. The van der Waals surface area contributed by atoms with Crippen LogP contribution in [0.4, 0.5) is 17.1 Å². The molecule has 0 amide bonds. The van der Waals surface area contributed by atoms with Crippen molar-refractivity contribution in [3.63, 3.8) is 0 Å². The molecule has 1 nitrogen and oxygen atoms in total. The van der Waals surface area contributed by atoms with Crippen LogP contribution >= 0.6 is 31.9 Å². The van der Waals surface area contributed by atoms with E-state index in [2.05, 4.69) is 164 Å². The molecule has 0 bridgehead atoms. The Morgan fingerprint density at radius 1 is 0.371 bits per heavy atom. The Balaban J connectivity index is 1.30. The number of benzene rings is 5. The van der Waals surface area contributed by atoms with Crippen molar-refractivity contribution >= 4 is 61.1 Å². The van der Waals surface area contributed by atoms with Crippen molar-refractivity contribution in [3.8, 4) is 22.3 Å². The van der Waals surface area contributed by atoms with E-state index < -0.39 is 0 Å². The van der Waals surface area contributed by atoms with Crippen LogP contribution in [-0.4, -0.2) is 0 Å². The third-order valence-electron chi connectivity index (χ3n) is 6.38. The summed E-state index contributed by atoms with van der Waals surface area (Å²) in [5.41, 5.74) is 10.9. The van der Waals surface area contributed by atoms with Gasteiger partial charge in [-0.15, -0.1) is 0 Å². The monoisotopic (exact) mass is 577 g/mol. The van der Waals surface area contributed by atoms with Crippen molar-refractivity contribution in [1.29, 1.82) is 0 Å². The summed E-state index contributed by atoms with van der Waals surface area (Å²) in [4.78, 5) is 2.27. The molecule has 0 unspecified atom stereocenters. The number of hydrogen-bond donors (Lipinski definition) is 0. The Hall–Kier alpha value is -3.40. The van der Waals surface area contributed by atoms with Gasteiger partial charge in [0.05, 0.1) is 0 Å². The predicted molar refractivity (Wildman–Crippen MR) is 156 cm³/mol. The summed E-state index contributed by atoms with van der Waals surface area (Å²) < 4.78 is 2.13. The second-order valence-corrected chi connectivity index (χ2v) is 10.4. The van der Waals surface area contributed by atoms with Crippen LogP contribution in [-0.2, 0) is 0 Å². The zero-order chi connectivity index (χ0) is 23.8. The van der Waals surface area contributed by atoms with Gasteiger partial charge in [0.15, 0.2) is 0 Å². The minimum atomic E-state index is 1.07. The number of fused-ring (bicyclic) bond motifs is 1. The summed E-state index contributed by atoms with van der Waals surface area (Å²) in [7, 11) is 0. The molecular weight excluding hydrogens is 558 g/mol. The van der Waals surface area contributed by atoms with Gasteiger partial charge in [-0.05, 0) is 100 Å². The first-order valence-corrected chi connectivity index (χ1v) is 13.1. The molecule has 0 atom stereocenters. The standard InChI is InChI=1S/C32H21Br2N/c33-28-11-17-31(18-12-28)35(32-19-13-29(34)14-20-32)30-15-9-23(10-16-30)22-1-3-24(4-2-22)26-7-5-25-6-8-27(25)21-26/h1-21H. The van der Waals surface area contributed by atoms with E-state index in [1.165, 1.54) is 33.4 Å². The maximum atomic E-state index is 3.55. The SMILES string of the molecule is Brc1ccc(N(c2ccc(Br)cc2)c2ccc(-c3ccc(-c4ccc5c(c4)C=C5)cc3)cc2)cc1. The summed E-state index contributed by atoms with van der Waals surface area (Å²) in [5, 5.41) is 0. The Bertz CT molecular complexity index is 1470. The zero-order valence-electron chi connectivity index (χ0n) is 18.8. The molecule has 0 radical (unpaired) electrons. The highest BCUT2D eigenvalue weighted by Gasteiger charge is 2.13. The molecular formula is C32H21Br2N. The average molecular weight is 579 g/mol. The van der Waals surface area contributed by atoms with Crippen molar-refractivity contribution in [3.05, 3.63) is 135 Å². The molecule has 35 heavy (non-hydrogen) atoms. The first-order valence-electron chi connectivity index (χ1n) is 11.5. The minimum absolute atomic E-state index is 1.07. The summed E-state index contributed by atoms with van der Waals surface area (Å²) in [6, 6.07) is 41.1. The smallest absolute Gasteiger partial charge is 0.0462 e. The van der Waals surface area contributed by atoms with E-state index in [0.29, 0.717) is 0 Å². The number of anilines is 3. The van der Waals surface area contributed by atoms with Crippen molar-refractivity contribution in [2.45, 2.75) is 0 Å². The van der Waals surface area contributed by atoms with E-state index in [1.807, 2.05) is 0 Å². The minimum Gasteiger partial charge on any atom is -0.311 e. The lowest BCUT2D eigenvalue weighted by molar-refractivity contribution is 1.28. The molecule has 0 N–H and O–H groups in total. The number of hydrogen-bond acceptors (Lipinski definition) is 1. The van der Waals surface area contributed by atoms with E-state index in [0.717, 1.165) is 26.0 Å². The number of halogens is 2. The van der Waals surface area contributed by atoms with Crippen molar-refractivity contribution < 1.29 is 0 Å². The lowest BCUT2D eigenvalue weighted by atomic mass is 9.92. The van der Waals surface area contributed by atoms with E-state index in [4.69, 9.17) is 0 Å². The molecule has 0 aliphatic heterocycles. The van der Waals surface area contributed by atoms with E-state index >= 15 is 0 Å². The Labute approximate surface area is 222 Å². The van der Waals surface area contributed by atoms with Crippen LogP contribution in [0.3, 0.4) is 0 Å². The summed E-state index contributed by atoms with van der Waals surface area (Å²) >= 11 is 7.11. The molecule has 0 heterocycles. The molecule has 0 spiro atoms. The molecule has 1 aliphatic rings. The fourth-order valence-corrected chi connectivity index (χ4v) is 4.95. The summed E-state index contributed by atoms with van der Waals surface area (Å²) in [6.45, 7) is 0. The van der Waals surface area contributed by atoms with Crippen molar-refractivity contribution in [2.24, 2.45) is 0 Å². The highest BCUT2D eigenvalue weighted by molar-refractivity contribution is 9.10. The molecule has 0 saturated carbocycles. The van der Waals surface area contributed by atoms with Crippen LogP contribution in [0.1, 0.15) is 11.1 Å². The van der Waals surface area contributed by atoms with E-state index in [-0.39, 0.29) is 0 Å². The molecule has 0 fully saturated rings. The van der Waals surface area contributed by atoms with Crippen LogP contribution in [0, 0.1) is 0 Å². The van der Waals surface area contributed by atoms with Gasteiger partial charge in [0.1, 0.15) is 0 Å². The first kappa shape index (κ1) is 22.1. The second-order valence-electron chi connectivity index (χ2n) is 8.59. The summed E-state index contributed by atoms with van der Waals surface area (Å²) in [6.07, 6.45) is 4.32. The van der Waals surface area contributed by atoms with Crippen LogP contribution in [0.15, 0.2) is 124 Å². The largest absolute Gasteiger partial charge is 0.311 e. The van der Waals surface area contributed by atoms with Gasteiger partial charge in [-0.25, -0.2) is 0 Å². The molecule has 3 heteroatoms. The van der Waals surface area contributed by atoms with Gasteiger partial charge < -0.3 is 4.90 Å². The third kappa shape index (κ3) is 4.50. The molecule has 0 saturated heterocycles. The maximum Gasteiger partial charge on any atom is 0.0462 e. The molecule has 168 valence electrons. The van der Waals surface area contributed by atoms with Gasteiger partial charge in [-0.3, -0.25) is 0 Å². The second kappa shape index (κ2) is 9.33. The van der Waals surface area contributed by atoms with Crippen LogP contribution < -0.4 is 4.90 Å². The van der Waals surface area contributed by atoms with Gasteiger partial charge >= 0.3 is 0 Å². The average Bonchev–Trinajstić information content (AvgIpc) is 2.88. The quantitative estimate of drug-likeness (QED) is 0.197.